The van der Waals surface area contributed by atoms with Gasteiger partial charge in [-0.1, -0.05) is 6.07 Å². The van der Waals surface area contributed by atoms with E-state index < -0.39 is 5.97 Å². The van der Waals surface area contributed by atoms with Gasteiger partial charge in [-0.2, -0.15) is 0 Å². The zero-order valence-electron chi connectivity index (χ0n) is 11.4. The van der Waals surface area contributed by atoms with Crippen LogP contribution >= 0.6 is 0 Å². The normalized spacial score (nSPS) is 16.0. The van der Waals surface area contributed by atoms with Crippen LogP contribution in [0.2, 0.25) is 0 Å². The molecule has 0 atom stereocenters. The van der Waals surface area contributed by atoms with Crippen molar-refractivity contribution >= 4 is 17.7 Å². The number of nitrogens with zero attached hydrogens (tertiary/aromatic N) is 1. The van der Waals surface area contributed by atoms with Crippen LogP contribution in [0.25, 0.3) is 0 Å². The summed E-state index contributed by atoms with van der Waals surface area (Å²) >= 11 is 0. The monoisotopic (exact) mass is 277 g/mol. The number of aromatic carboxylic acids is 1. The van der Waals surface area contributed by atoms with E-state index in [4.69, 9.17) is 10.8 Å². The average molecular weight is 277 g/mol. The van der Waals surface area contributed by atoms with Crippen LogP contribution in [-0.4, -0.2) is 41.1 Å². The summed E-state index contributed by atoms with van der Waals surface area (Å²) in [6.07, 6.45) is 1.59. The smallest absolute Gasteiger partial charge is 0.335 e. The number of nitrogens with one attached hydrogen (secondary N) is 1. The lowest BCUT2D eigenvalue weighted by Crippen LogP contribution is -2.44. The van der Waals surface area contributed by atoms with Crippen LogP contribution in [0.5, 0.6) is 0 Å². The molecule has 1 aromatic carbocycles. The van der Waals surface area contributed by atoms with E-state index in [0.717, 1.165) is 18.4 Å². The van der Waals surface area contributed by atoms with Gasteiger partial charge in [-0.25, -0.2) is 9.59 Å². The number of carbonyl (C=O) groups excluding carboxylic acids is 1. The third kappa shape index (κ3) is 3.27. The Morgan fingerprint density at radius 2 is 2.00 bits per heavy atom. The van der Waals surface area contributed by atoms with Gasteiger partial charge in [0.1, 0.15) is 0 Å². The van der Waals surface area contributed by atoms with Crippen molar-refractivity contribution in [1.82, 2.24) is 4.90 Å². The fourth-order valence-corrected chi connectivity index (χ4v) is 2.19. The van der Waals surface area contributed by atoms with E-state index in [9.17, 15) is 9.59 Å². The first kappa shape index (κ1) is 14.3. The Morgan fingerprint density at radius 3 is 2.60 bits per heavy atom. The number of carboxylic acids is 1. The summed E-state index contributed by atoms with van der Waals surface area (Å²) < 4.78 is 0. The minimum absolute atomic E-state index is 0.159. The first-order valence-corrected chi connectivity index (χ1v) is 6.63. The molecule has 0 radical (unpaired) electrons. The van der Waals surface area contributed by atoms with Crippen LogP contribution in [0.3, 0.4) is 0 Å². The molecule has 2 rings (SSSR count). The van der Waals surface area contributed by atoms with Crippen LogP contribution in [0.15, 0.2) is 18.2 Å². The molecule has 108 valence electrons. The zero-order chi connectivity index (χ0) is 14.7. The molecule has 1 aliphatic rings. The Balaban J connectivity index is 2.07. The molecule has 20 heavy (non-hydrogen) atoms. The quantitative estimate of drug-likeness (QED) is 0.765. The molecule has 6 heteroatoms. The maximum atomic E-state index is 12.1. The molecule has 1 aromatic rings. The molecule has 0 unspecified atom stereocenters. The number of aryl methyl sites for hydroxylation is 1. The number of carbonyl (C=O) groups is 2. The molecule has 1 aliphatic heterocycles. The van der Waals surface area contributed by atoms with E-state index >= 15 is 0 Å². The van der Waals surface area contributed by atoms with E-state index in [-0.39, 0.29) is 17.6 Å². The Hall–Kier alpha value is -2.08. The van der Waals surface area contributed by atoms with Gasteiger partial charge < -0.3 is 21.1 Å². The number of carboxylic acid groups (broad SMARTS) is 1. The standard InChI is InChI=1S/C14H19N3O3/c1-9-2-3-10(13(18)19)8-12(9)16-14(20)17-6-4-11(15)5-7-17/h2-3,8,11H,4-7,15H2,1H3,(H,16,20)(H,18,19). The molecule has 0 saturated carbocycles. The first-order valence-electron chi connectivity index (χ1n) is 6.63. The van der Waals surface area contributed by atoms with E-state index in [0.29, 0.717) is 18.8 Å². The van der Waals surface area contributed by atoms with Gasteiger partial charge in [0.05, 0.1) is 5.56 Å². The minimum atomic E-state index is -1.01. The van der Waals surface area contributed by atoms with Gasteiger partial charge >= 0.3 is 12.0 Å². The lowest BCUT2D eigenvalue weighted by atomic mass is 10.1. The SMILES string of the molecule is Cc1ccc(C(=O)O)cc1NC(=O)N1CCC(N)CC1. The van der Waals surface area contributed by atoms with Crippen molar-refractivity contribution in [1.29, 1.82) is 0 Å². The minimum Gasteiger partial charge on any atom is -0.478 e. The van der Waals surface area contributed by atoms with E-state index in [2.05, 4.69) is 5.32 Å². The van der Waals surface area contributed by atoms with Gasteiger partial charge in [0.25, 0.3) is 0 Å². The summed E-state index contributed by atoms with van der Waals surface area (Å²) in [5.74, 6) is -1.01. The first-order chi connectivity index (χ1) is 9.47. The second kappa shape index (κ2) is 5.92. The summed E-state index contributed by atoms with van der Waals surface area (Å²) in [6, 6.07) is 4.64. The Labute approximate surface area is 117 Å². The topological polar surface area (TPSA) is 95.7 Å². The number of piperidine rings is 1. The predicted molar refractivity (Wildman–Crippen MR) is 75.9 cm³/mol. The largest absolute Gasteiger partial charge is 0.478 e. The number of hydrogen-bond donors (Lipinski definition) is 3. The predicted octanol–water partition coefficient (Wildman–Crippen LogP) is 1.65. The molecule has 0 aliphatic carbocycles. The molecular formula is C14H19N3O3. The van der Waals surface area contributed by atoms with Crippen molar-refractivity contribution in [3.8, 4) is 0 Å². The molecule has 0 spiro atoms. The number of amides is 2. The van der Waals surface area contributed by atoms with Crippen molar-refractivity contribution < 1.29 is 14.7 Å². The maximum Gasteiger partial charge on any atom is 0.335 e. The molecule has 4 N–H and O–H groups in total. The summed E-state index contributed by atoms with van der Waals surface area (Å²) in [7, 11) is 0. The number of rotatable bonds is 2. The highest BCUT2D eigenvalue weighted by molar-refractivity contribution is 5.94. The van der Waals surface area contributed by atoms with Crippen LogP contribution in [0.4, 0.5) is 10.5 Å². The highest BCUT2D eigenvalue weighted by atomic mass is 16.4. The lowest BCUT2D eigenvalue weighted by molar-refractivity contribution is 0.0697. The van der Waals surface area contributed by atoms with Crippen molar-refractivity contribution in [3.05, 3.63) is 29.3 Å². The summed E-state index contributed by atoms with van der Waals surface area (Å²) in [5.41, 5.74) is 7.32. The highest BCUT2D eigenvalue weighted by Crippen LogP contribution is 2.18. The van der Waals surface area contributed by atoms with Gasteiger partial charge in [-0.05, 0) is 37.5 Å². The summed E-state index contributed by atoms with van der Waals surface area (Å²) in [4.78, 5) is 24.8. The van der Waals surface area contributed by atoms with E-state index in [1.165, 1.54) is 12.1 Å². The third-order valence-corrected chi connectivity index (χ3v) is 3.55. The molecule has 6 nitrogen and oxygen atoms in total. The molecule has 0 aromatic heterocycles. The third-order valence-electron chi connectivity index (χ3n) is 3.55. The van der Waals surface area contributed by atoms with Gasteiger partial charge in [-0.3, -0.25) is 0 Å². The van der Waals surface area contributed by atoms with Crippen LogP contribution in [0, 0.1) is 6.92 Å². The molecule has 1 fully saturated rings. The number of nitrogens with two attached hydrogens (primary N) is 1. The summed E-state index contributed by atoms with van der Waals surface area (Å²) in [6.45, 7) is 3.09. The zero-order valence-corrected chi connectivity index (χ0v) is 11.4. The van der Waals surface area contributed by atoms with Gasteiger partial charge in [0, 0.05) is 24.8 Å². The average Bonchev–Trinajstić information content (AvgIpc) is 2.41. The fraction of sp³-hybridized carbons (Fsp3) is 0.429. The van der Waals surface area contributed by atoms with Gasteiger partial charge in [0.15, 0.2) is 0 Å². The van der Waals surface area contributed by atoms with Crippen LogP contribution < -0.4 is 11.1 Å². The van der Waals surface area contributed by atoms with Gasteiger partial charge in [-0.15, -0.1) is 0 Å². The number of anilines is 1. The Morgan fingerprint density at radius 1 is 1.35 bits per heavy atom. The molecule has 2 amide bonds. The highest BCUT2D eigenvalue weighted by Gasteiger charge is 2.21. The summed E-state index contributed by atoms with van der Waals surface area (Å²) in [5, 5.41) is 11.7. The van der Waals surface area contributed by atoms with Crippen molar-refractivity contribution in [2.75, 3.05) is 18.4 Å². The van der Waals surface area contributed by atoms with Gasteiger partial charge in [0.2, 0.25) is 0 Å². The number of hydrogen-bond acceptors (Lipinski definition) is 3. The van der Waals surface area contributed by atoms with Crippen LogP contribution in [0.1, 0.15) is 28.8 Å². The van der Waals surface area contributed by atoms with E-state index in [1.807, 2.05) is 6.92 Å². The second-order valence-electron chi connectivity index (χ2n) is 5.09. The molecule has 1 heterocycles. The number of urea groups is 1. The Bertz CT molecular complexity index is 522. The van der Waals surface area contributed by atoms with Crippen molar-refractivity contribution in [2.45, 2.75) is 25.8 Å². The molecule has 1 saturated heterocycles. The lowest BCUT2D eigenvalue weighted by Gasteiger charge is -2.30. The molecular weight excluding hydrogens is 258 g/mol. The van der Waals surface area contributed by atoms with E-state index in [1.54, 1.807) is 11.0 Å². The number of likely N-dealkylation sites (tertiary alicyclic amines) is 1. The van der Waals surface area contributed by atoms with Crippen molar-refractivity contribution in [3.63, 3.8) is 0 Å². The molecule has 0 bridgehead atoms. The second-order valence-corrected chi connectivity index (χ2v) is 5.09. The Kier molecular flexibility index (Phi) is 4.24. The van der Waals surface area contributed by atoms with Crippen molar-refractivity contribution in [2.24, 2.45) is 5.73 Å². The van der Waals surface area contributed by atoms with Crippen LogP contribution in [-0.2, 0) is 0 Å². The fourth-order valence-electron chi connectivity index (χ4n) is 2.19. The number of benzene rings is 1. The maximum absolute atomic E-state index is 12.1.